The zero-order valence-electron chi connectivity index (χ0n) is 18.8. The summed E-state index contributed by atoms with van der Waals surface area (Å²) in [6, 6.07) is 14.0. The van der Waals surface area contributed by atoms with Crippen LogP contribution in [0, 0.1) is 12.7 Å². The van der Waals surface area contributed by atoms with E-state index < -0.39 is 10.0 Å². The van der Waals surface area contributed by atoms with Gasteiger partial charge in [-0.2, -0.15) is 4.31 Å². The minimum absolute atomic E-state index is 0.211. The first-order valence-electron chi connectivity index (χ1n) is 10.7. The number of fused-ring (bicyclic) bond motifs is 1. The lowest BCUT2D eigenvalue weighted by molar-refractivity contribution is 0.445. The van der Waals surface area contributed by atoms with Crippen molar-refractivity contribution in [3.05, 3.63) is 77.5 Å². The van der Waals surface area contributed by atoms with E-state index in [1.165, 1.54) is 16.1 Å². The fourth-order valence-corrected chi connectivity index (χ4v) is 6.21. The summed E-state index contributed by atoms with van der Waals surface area (Å²) in [5.74, 6) is 0.934. The predicted octanol–water partition coefficient (Wildman–Crippen LogP) is 5.45. The first-order chi connectivity index (χ1) is 15.8. The minimum atomic E-state index is -3.60. The first kappa shape index (κ1) is 23.5. The number of thioether (sulfide) groups is 1. The number of halogens is 1. The number of furan rings is 1. The molecule has 0 bridgehead atoms. The number of sulfonamides is 1. The molecule has 0 spiro atoms. The van der Waals surface area contributed by atoms with Gasteiger partial charge in [0.1, 0.15) is 11.6 Å². The maximum atomic E-state index is 14.5. The Kier molecular flexibility index (Phi) is 6.92. The highest BCUT2D eigenvalue weighted by Gasteiger charge is 2.23. The molecule has 6 nitrogen and oxygen atoms in total. The number of aromatic nitrogens is 2. The third-order valence-electron chi connectivity index (χ3n) is 5.55. The number of rotatable bonds is 9. The van der Waals surface area contributed by atoms with E-state index in [9.17, 15) is 12.8 Å². The van der Waals surface area contributed by atoms with Crippen molar-refractivity contribution in [1.29, 1.82) is 0 Å². The van der Waals surface area contributed by atoms with Crippen molar-refractivity contribution < 1.29 is 17.2 Å². The second-order valence-corrected chi connectivity index (χ2v) is 10.5. The number of imidazole rings is 1. The van der Waals surface area contributed by atoms with E-state index in [0.717, 1.165) is 11.3 Å². The van der Waals surface area contributed by atoms with E-state index in [0.29, 0.717) is 47.2 Å². The van der Waals surface area contributed by atoms with Crippen molar-refractivity contribution in [2.45, 2.75) is 43.1 Å². The molecular formula is C24H26FN3O3S2. The van der Waals surface area contributed by atoms with Crippen LogP contribution in [-0.4, -0.2) is 35.4 Å². The molecule has 2 aromatic heterocycles. The van der Waals surface area contributed by atoms with Crippen molar-refractivity contribution in [2.24, 2.45) is 0 Å². The number of hydrogen-bond donors (Lipinski definition) is 0. The lowest BCUT2D eigenvalue weighted by Crippen LogP contribution is -2.30. The molecule has 9 heteroatoms. The van der Waals surface area contributed by atoms with Crippen LogP contribution in [0.15, 0.2) is 69.3 Å². The molecule has 0 radical (unpaired) electrons. The van der Waals surface area contributed by atoms with Crippen LogP contribution in [-0.2, 0) is 22.3 Å². The van der Waals surface area contributed by atoms with Gasteiger partial charge in [0, 0.05) is 18.8 Å². The molecule has 0 aliphatic carbocycles. The summed E-state index contributed by atoms with van der Waals surface area (Å²) in [5, 5.41) is 0.666. The van der Waals surface area contributed by atoms with Gasteiger partial charge < -0.3 is 8.98 Å². The van der Waals surface area contributed by atoms with E-state index in [4.69, 9.17) is 9.40 Å². The number of hydrogen-bond acceptors (Lipinski definition) is 5. The Morgan fingerprint density at radius 3 is 2.61 bits per heavy atom. The summed E-state index contributed by atoms with van der Waals surface area (Å²) in [6.07, 6.45) is 1.61. The Bertz CT molecular complexity index is 1360. The van der Waals surface area contributed by atoms with Crippen molar-refractivity contribution in [3.63, 3.8) is 0 Å². The maximum absolute atomic E-state index is 14.5. The van der Waals surface area contributed by atoms with E-state index in [1.807, 2.05) is 36.6 Å². The fourth-order valence-electron chi connectivity index (χ4n) is 3.74. The molecule has 0 amide bonds. The largest absolute Gasteiger partial charge is 0.467 e. The van der Waals surface area contributed by atoms with Gasteiger partial charge >= 0.3 is 0 Å². The van der Waals surface area contributed by atoms with Crippen LogP contribution in [0.1, 0.15) is 30.7 Å². The Labute approximate surface area is 197 Å². The average Bonchev–Trinajstić information content (AvgIpc) is 3.43. The molecule has 0 unspecified atom stereocenters. The molecule has 33 heavy (non-hydrogen) atoms. The SMILES string of the molecule is CCN(CC)S(=O)(=O)c1ccc2c(c1)nc(SCc1cccc(C)c1F)n2Cc1ccco1. The van der Waals surface area contributed by atoms with E-state index in [2.05, 4.69) is 0 Å². The summed E-state index contributed by atoms with van der Waals surface area (Å²) < 4.78 is 49.4. The molecule has 0 N–H and O–H groups in total. The molecule has 0 saturated carbocycles. The van der Waals surface area contributed by atoms with Crippen LogP contribution >= 0.6 is 11.8 Å². The average molecular weight is 488 g/mol. The van der Waals surface area contributed by atoms with Gasteiger partial charge in [-0.05, 0) is 48.4 Å². The van der Waals surface area contributed by atoms with E-state index in [-0.39, 0.29) is 10.7 Å². The highest BCUT2D eigenvalue weighted by molar-refractivity contribution is 7.98. The molecule has 0 fully saturated rings. The second-order valence-electron chi connectivity index (χ2n) is 7.64. The van der Waals surface area contributed by atoms with Gasteiger partial charge in [-0.15, -0.1) is 0 Å². The Hall–Kier alpha value is -2.62. The lowest BCUT2D eigenvalue weighted by atomic mass is 10.1. The molecule has 0 aliphatic heterocycles. The monoisotopic (exact) mass is 487 g/mol. The zero-order chi connectivity index (χ0) is 23.6. The standard InChI is InChI=1S/C24H26FN3O3S2/c1-4-27(5-2)33(29,30)20-11-12-22-21(14-20)26-24(28(22)15-19-10-7-13-31-19)32-16-18-9-6-8-17(3)23(18)25/h6-14H,4-5,15-16H2,1-3H3. The van der Waals surface area contributed by atoms with Crippen LogP contribution in [0.4, 0.5) is 4.39 Å². The van der Waals surface area contributed by atoms with Gasteiger partial charge in [-0.3, -0.25) is 0 Å². The van der Waals surface area contributed by atoms with Gasteiger partial charge in [-0.25, -0.2) is 17.8 Å². The molecule has 174 valence electrons. The highest BCUT2D eigenvalue weighted by atomic mass is 32.2. The minimum Gasteiger partial charge on any atom is -0.467 e. The molecule has 4 aromatic rings. The number of aryl methyl sites for hydroxylation is 1. The van der Waals surface area contributed by atoms with E-state index in [1.54, 1.807) is 43.5 Å². The van der Waals surface area contributed by atoms with Crippen LogP contribution in [0.5, 0.6) is 0 Å². The molecule has 2 aromatic carbocycles. The Morgan fingerprint density at radius 1 is 1.12 bits per heavy atom. The first-order valence-corrected chi connectivity index (χ1v) is 13.2. The van der Waals surface area contributed by atoms with Crippen molar-refractivity contribution in [2.75, 3.05) is 13.1 Å². The molecule has 4 rings (SSSR count). The van der Waals surface area contributed by atoms with Gasteiger partial charge in [-0.1, -0.05) is 43.8 Å². The Morgan fingerprint density at radius 2 is 1.91 bits per heavy atom. The van der Waals surface area contributed by atoms with Gasteiger partial charge in [0.25, 0.3) is 0 Å². The summed E-state index contributed by atoms with van der Waals surface area (Å²) >= 11 is 1.41. The van der Waals surface area contributed by atoms with Crippen LogP contribution in [0.3, 0.4) is 0 Å². The van der Waals surface area contributed by atoms with Crippen LogP contribution in [0.25, 0.3) is 11.0 Å². The third kappa shape index (κ3) is 4.71. The van der Waals surface area contributed by atoms with E-state index >= 15 is 0 Å². The Balaban J connectivity index is 1.74. The third-order valence-corrected chi connectivity index (χ3v) is 8.62. The predicted molar refractivity (Wildman–Crippen MR) is 128 cm³/mol. The quantitative estimate of drug-likeness (QED) is 0.294. The van der Waals surface area contributed by atoms with Crippen molar-refractivity contribution in [3.8, 4) is 0 Å². The van der Waals surface area contributed by atoms with Gasteiger partial charge in [0.2, 0.25) is 10.0 Å². The topological polar surface area (TPSA) is 68.3 Å². The molecule has 0 aliphatic rings. The number of nitrogens with zero attached hydrogens (tertiary/aromatic N) is 3. The van der Waals surface area contributed by atoms with Crippen LogP contribution < -0.4 is 0 Å². The van der Waals surface area contributed by atoms with Crippen molar-refractivity contribution in [1.82, 2.24) is 13.9 Å². The summed E-state index contributed by atoms with van der Waals surface area (Å²) in [4.78, 5) is 4.94. The molecule has 2 heterocycles. The summed E-state index contributed by atoms with van der Waals surface area (Å²) in [6.45, 7) is 6.60. The molecule has 0 atom stereocenters. The smallest absolute Gasteiger partial charge is 0.243 e. The normalized spacial score (nSPS) is 12.2. The van der Waals surface area contributed by atoms with Gasteiger partial charge in [0.15, 0.2) is 5.16 Å². The number of benzene rings is 2. The summed E-state index contributed by atoms with van der Waals surface area (Å²) in [5.41, 5.74) is 2.56. The lowest BCUT2D eigenvalue weighted by Gasteiger charge is -2.18. The van der Waals surface area contributed by atoms with Gasteiger partial charge in [0.05, 0.1) is 28.7 Å². The second kappa shape index (κ2) is 9.70. The zero-order valence-corrected chi connectivity index (χ0v) is 20.4. The summed E-state index contributed by atoms with van der Waals surface area (Å²) in [7, 11) is -3.60. The fraction of sp³-hybridized carbons (Fsp3) is 0.292. The van der Waals surface area contributed by atoms with Crippen LogP contribution in [0.2, 0.25) is 0 Å². The molecule has 0 saturated heterocycles. The molecular weight excluding hydrogens is 461 g/mol. The van der Waals surface area contributed by atoms with Crippen molar-refractivity contribution >= 4 is 32.8 Å². The maximum Gasteiger partial charge on any atom is 0.243 e. The highest BCUT2D eigenvalue weighted by Crippen LogP contribution is 2.30.